The number of nitrogens with zero attached hydrogens (tertiary/aromatic N) is 2. The molecule has 1 aromatic rings. The van der Waals surface area contributed by atoms with Gasteiger partial charge < -0.3 is 4.90 Å². The first kappa shape index (κ1) is 12.4. The Balaban J connectivity index is 2.45. The fourth-order valence-electron chi connectivity index (χ4n) is 2.00. The lowest BCUT2D eigenvalue weighted by Crippen LogP contribution is -2.29. The van der Waals surface area contributed by atoms with E-state index in [0.717, 1.165) is 25.0 Å². The molecule has 0 bridgehead atoms. The summed E-state index contributed by atoms with van der Waals surface area (Å²) in [6, 6.07) is 1.59. The molecule has 7 heteroatoms. The maximum absolute atomic E-state index is 13.8. The van der Waals surface area contributed by atoms with E-state index in [0.29, 0.717) is 13.1 Å². The van der Waals surface area contributed by atoms with Crippen molar-refractivity contribution >= 4 is 11.5 Å². The van der Waals surface area contributed by atoms with Crippen molar-refractivity contribution in [1.29, 1.82) is 5.41 Å². The van der Waals surface area contributed by atoms with Crippen LogP contribution in [0.2, 0.25) is 0 Å². The summed E-state index contributed by atoms with van der Waals surface area (Å²) in [6.45, 7) is 1.08. The molecule has 1 aliphatic heterocycles. The molecule has 0 radical (unpaired) electrons. The average Bonchev–Trinajstić information content (AvgIpc) is 2.81. The van der Waals surface area contributed by atoms with Crippen LogP contribution in [0.15, 0.2) is 12.1 Å². The molecule has 0 amide bonds. The van der Waals surface area contributed by atoms with Gasteiger partial charge in [-0.15, -0.1) is 0 Å². The Bertz CT molecular complexity index is 513. The summed E-state index contributed by atoms with van der Waals surface area (Å²) in [5, 5.41) is 18.4. The fraction of sp³-hybridized carbons (Fsp3) is 0.364. The van der Waals surface area contributed by atoms with E-state index in [4.69, 9.17) is 5.41 Å². The highest BCUT2D eigenvalue weighted by Gasteiger charge is 2.27. The molecule has 1 aliphatic rings. The summed E-state index contributed by atoms with van der Waals surface area (Å²) in [4.78, 5) is 11.2. The Morgan fingerprint density at radius 2 is 1.94 bits per heavy atom. The second-order valence-corrected chi connectivity index (χ2v) is 4.06. The van der Waals surface area contributed by atoms with Crippen LogP contribution in [0.25, 0.3) is 0 Å². The van der Waals surface area contributed by atoms with Gasteiger partial charge in [-0.25, -0.2) is 4.39 Å². The van der Waals surface area contributed by atoms with Gasteiger partial charge in [0.25, 0.3) is 0 Å². The van der Waals surface area contributed by atoms with Crippen LogP contribution in [0.4, 0.5) is 14.5 Å². The lowest BCUT2D eigenvalue weighted by atomic mass is 10.1. The van der Waals surface area contributed by atoms with Gasteiger partial charge in [-0.1, -0.05) is 0 Å². The molecule has 5 nitrogen and oxygen atoms in total. The van der Waals surface area contributed by atoms with Gasteiger partial charge in [0, 0.05) is 19.2 Å². The zero-order valence-corrected chi connectivity index (χ0v) is 9.45. The minimum Gasteiger partial charge on any atom is -0.356 e. The molecule has 1 saturated heterocycles. The zero-order valence-electron chi connectivity index (χ0n) is 9.45. The molecule has 0 aromatic heterocycles. The maximum Gasteiger partial charge on any atom is 0.305 e. The van der Waals surface area contributed by atoms with Gasteiger partial charge in [-0.2, -0.15) is 4.39 Å². The van der Waals surface area contributed by atoms with E-state index in [-0.39, 0.29) is 5.84 Å². The van der Waals surface area contributed by atoms with Crippen molar-refractivity contribution in [3.8, 4) is 0 Å². The molecule has 18 heavy (non-hydrogen) atoms. The molecule has 0 atom stereocenters. The number of rotatable bonds is 2. The minimum absolute atomic E-state index is 0.328. The van der Waals surface area contributed by atoms with E-state index in [2.05, 4.69) is 0 Å². The topological polar surface area (TPSA) is 70.2 Å². The predicted octanol–water partition coefficient (Wildman–Crippen LogP) is 2.29. The molecule has 0 saturated carbocycles. The number of nitro benzene ring substituents is 1. The summed E-state index contributed by atoms with van der Waals surface area (Å²) >= 11 is 0. The van der Waals surface area contributed by atoms with E-state index < -0.39 is 27.8 Å². The normalized spacial score (nSPS) is 14.9. The first-order chi connectivity index (χ1) is 8.52. The van der Waals surface area contributed by atoms with Crippen molar-refractivity contribution < 1.29 is 13.7 Å². The molecule has 0 unspecified atom stereocenters. The Kier molecular flexibility index (Phi) is 3.22. The smallest absolute Gasteiger partial charge is 0.305 e. The summed E-state index contributed by atoms with van der Waals surface area (Å²) < 4.78 is 27.4. The molecule has 0 spiro atoms. The van der Waals surface area contributed by atoms with Gasteiger partial charge in [0.2, 0.25) is 5.82 Å². The van der Waals surface area contributed by atoms with E-state index in [9.17, 15) is 18.9 Å². The van der Waals surface area contributed by atoms with Crippen molar-refractivity contribution in [3.63, 3.8) is 0 Å². The van der Waals surface area contributed by atoms with E-state index in [1.165, 1.54) is 4.90 Å². The largest absolute Gasteiger partial charge is 0.356 e. The van der Waals surface area contributed by atoms with Crippen LogP contribution in [0.3, 0.4) is 0 Å². The van der Waals surface area contributed by atoms with Crippen LogP contribution in [0.5, 0.6) is 0 Å². The monoisotopic (exact) mass is 255 g/mol. The number of halogens is 2. The van der Waals surface area contributed by atoms with E-state index >= 15 is 0 Å². The van der Waals surface area contributed by atoms with Crippen molar-refractivity contribution in [2.24, 2.45) is 0 Å². The minimum atomic E-state index is -1.28. The number of hydrogen-bond donors (Lipinski definition) is 1. The predicted molar refractivity (Wildman–Crippen MR) is 60.6 cm³/mol. The first-order valence-electron chi connectivity index (χ1n) is 5.48. The Morgan fingerprint density at radius 3 is 2.50 bits per heavy atom. The Morgan fingerprint density at radius 1 is 1.33 bits per heavy atom. The van der Waals surface area contributed by atoms with Gasteiger partial charge >= 0.3 is 5.69 Å². The number of benzene rings is 1. The second kappa shape index (κ2) is 4.67. The highest BCUT2D eigenvalue weighted by molar-refractivity contribution is 5.97. The molecule has 96 valence electrons. The quantitative estimate of drug-likeness (QED) is 0.381. The van der Waals surface area contributed by atoms with Gasteiger partial charge in [0.15, 0.2) is 0 Å². The highest BCUT2D eigenvalue weighted by atomic mass is 19.1. The SMILES string of the molecule is N=C(c1c(F)ccc([N+](=O)[O-])c1F)N1CCCC1. The molecule has 1 aromatic carbocycles. The van der Waals surface area contributed by atoms with Crippen LogP contribution in [0, 0.1) is 27.2 Å². The maximum atomic E-state index is 13.8. The summed E-state index contributed by atoms with van der Waals surface area (Å²) in [5.41, 5.74) is -1.43. The summed E-state index contributed by atoms with van der Waals surface area (Å²) in [7, 11) is 0. The zero-order chi connectivity index (χ0) is 13.3. The van der Waals surface area contributed by atoms with Crippen LogP contribution in [-0.2, 0) is 0 Å². The number of hydrogen-bond acceptors (Lipinski definition) is 3. The fourth-order valence-corrected chi connectivity index (χ4v) is 2.00. The van der Waals surface area contributed by atoms with Gasteiger partial charge in [0.1, 0.15) is 11.7 Å². The van der Waals surface area contributed by atoms with Crippen molar-refractivity contribution in [2.45, 2.75) is 12.8 Å². The number of amidine groups is 1. The van der Waals surface area contributed by atoms with Crippen LogP contribution in [-0.4, -0.2) is 28.7 Å². The number of nitrogens with one attached hydrogen (secondary N) is 1. The first-order valence-corrected chi connectivity index (χ1v) is 5.48. The van der Waals surface area contributed by atoms with E-state index in [1.807, 2.05) is 0 Å². The lowest BCUT2D eigenvalue weighted by molar-refractivity contribution is -0.387. The number of nitro groups is 1. The molecule has 0 aliphatic carbocycles. The average molecular weight is 255 g/mol. The summed E-state index contributed by atoms with van der Waals surface area (Å²) in [5.74, 6) is -2.56. The van der Waals surface area contributed by atoms with Gasteiger partial charge in [-0.05, 0) is 18.9 Å². The van der Waals surface area contributed by atoms with Crippen LogP contribution >= 0.6 is 0 Å². The summed E-state index contributed by atoms with van der Waals surface area (Å²) in [6.07, 6.45) is 1.70. The second-order valence-electron chi connectivity index (χ2n) is 4.06. The lowest BCUT2D eigenvalue weighted by Gasteiger charge is -2.19. The molecular weight excluding hydrogens is 244 g/mol. The third-order valence-electron chi connectivity index (χ3n) is 2.93. The Labute approximate surface area is 102 Å². The third-order valence-corrected chi connectivity index (χ3v) is 2.93. The van der Waals surface area contributed by atoms with Crippen molar-refractivity contribution in [2.75, 3.05) is 13.1 Å². The highest BCUT2D eigenvalue weighted by Crippen LogP contribution is 2.25. The van der Waals surface area contributed by atoms with Crippen molar-refractivity contribution in [3.05, 3.63) is 39.4 Å². The molecule has 1 N–H and O–H groups in total. The third kappa shape index (κ3) is 2.03. The standard InChI is InChI=1S/C11H11F2N3O2/c12-7-3-4-8(16(17)18)10(13)9(7)11(14)15-5-1-2-6-15/h3-4,14H,1-2,5-6H2. The van der Waals surface area contributed by atoms with Gasteiger partial charge in [-0.3, -0.25) is 15.5 Å². The Hall–Kier alpha value is -2.05. The van der Waals surface area contributed by atoms with E-state index in [1.54, 1.807) is 0 Å². The molecular formula is C11H11F2N3O2. The van der Waals surface area contributed by atoms with Gasteiger partial charge in [0.05, 0.1) is 10.5 Å². The van der Waals surface area contributed by atoms with Crippen molar-refractivity contribution in [1.82, 2.24) is 4.90 Å². The molecule has 2 rings (SSSR count). The molecule has 1 fully saturated rings. The molecule has 1 heterocycles. The number of likely N-dealkylation sites (tertiary alicyclic amines) is 1. The van der Waals surface area contributed by atoms with Crippen LogP contribution in [0.1, 0.15) is 18.4 Å². The van der Waals surface area contributed by atoms with Crippen LogP contribution < -0.4 is 0 Å².